The molecule has 5 heterocycles. The van der Waals surface area contributed by atoms with Gasteiger partial charge in [0, 0.05) is 50.1 Å². The highest BCUT2D eigenvalue weighted by Crippen LogP contribution is 2.44. The van der Waals surface area contributed by atoms with E-state index in [1.165, 1.54) is 0 Å². The lowest BCUT2D eigenvalue weighted by atomic mass is 9.83. The number of aryl methyl sites for hydroxylation is 1. The Labute approximate surface area is 213 Å². The van der Waals surface area contributed by atoms with Gasteiger partial charge >= 0.3 is 0 Å². The fourth-order valence-electron chi connectivity index (χ4n) is 4.74. The number of pyridine rings is 2. The molecule has 9 heteroatoms. The van der Waals surface area contributed by atoms with E-state index in [4.69, 9.17) is 15.6 Å². The first kappa shape index (κ1) is 22.2. The van der Waals surface area contributed by atoms with E-state index in [9.17, 15) is 5.26 Å². The zero-order valence-corrected chi connectivity index (χ0v) is 20.0. The van der Waals surface area contributed by atoms with Gasteiger partial charge in [-0.2, -0.15) is 10.4 Å². The van der Waals surface area contributed by atoms with Crippen LogP contribution in [0.15, 0.2) is 97.0 Å². The van der Waals surface area contributed by atoms with Crippen molar-refractivity contribution in [1.29, 1.82) is 5.26 Å². The zero-order chi connectivity index (χ0) is 25.4. The molecule has 0 saturated carbocycles. The van der Waals surface area contributed by atoms with Gasteiger partial charge in [0.1, 0.15) is 17.3 Å². The molecule has 1 unspecified atom stereocenters. The number of rotatable bonds is 5. The van der Waals surface area contributed by atoms with Crippen molar-refractivity contribution in [3.8, 4) is 29.2 Å². The van der Waals surface area contributed by atoms with E-state index in [2.05, 4.69) is 21.0 Å². The molecule has 0 aliphatic carbocycles. The fraction of sp³-hybridized carbons (Fsp3) is 0.107. The molecule has 0 fully saturated rings. The summed E-state index contributed by atoms with van der Waals surface area (Å²) in [5.74, 6) is 0.958. The van der Waals surface area contributed by atoms with Gasteiger partial charge in [0.25, 0.3) is 0 Å². The van der Waals surface area contributed by atoms with E-state index in [0.717, 1.165) is 39.6 Å². The largest absolute Gasteiger partial charge is 0.422 e. The Morgan fingerprint density at radius 3 is 2.62 bits per heavy atom. The van der Waals surface area contributed by atoms with Crippen LogP contribution >= 0.6 is 0 Å². The lowest BCUT2D eigenvalue weighted by Crippen LogP contribution is -2.22. The van der Waals surface area contributed by atoms with Crippen molar-refractivity contribution in [1.82, 2.24) is 29.3 Å². The van der Waals surface area contributed by atoms with E-state index >= 15 is 0 Å². The molecule has 1 aromatic carbocycles. The molecular weight excluding hydrogens is 464 g/mol. The fourth-order valence-corrected chi connectivity index (χ4v) is 4.74. The minimum absolute atomic E-state index is 0.0899. The van der Waals surface area contributed by atoms with E-state index in [1.54, 1.807) is 23.3 Å². The monoisotopic (exact) mass is 486 g/mol. The average Bonchev–Trinajstić information content (AvgIpc) is 3.54. The quantitative estimate of drug-likeness (QED) is 0.400. The van der Waals surface area contributed by atoms with Crippen LogP contribution in [0.3, 0.4) is 0 Å². The maximum Gasteiger partial charge on any atom is 0.224 e. The van der Waals surface area contributed by atoms with Crippen LogP contribution in [0.5, 0.6) is 5.88 Å². The van der Waals surface area contributed by atoms with Crippen LogP contribution in [0.4, 0.5) is 0 Å². The van der Waals surface area contributed by atoms with Crippen LogP contribution in [0.2, 0.25) is 0 Å². The highest BCUT2D eigenvalue weighted by atomic mass is 16.5. The van der Waals surface area contributed by atoms with E-state index in [1.807, 2.05) is 78.6 Å². The molecule has 5 aromatic rings. The summed E-state index contributed by atoms with van der Waals surface area (Å²) >= 11 is 0. The average molecular weight is 487 g/mol. The third-order valence-corrected chi connectivity index (χ3v) is 6.41. The Morgan fingerprint density at radius 1 is 1.03 bits per heavy atom. The molecule has 6 rings (SSSR count). The number of nitrogens with two attached hydrogens (primary N) is 1. The predicted octanol–water partition coefficient (Wildman–Crippen LogP) is 3.87. The lowest BCUT2D eigenvalue weighted by molar-refractivity contribution is 0.358. The van der Waals surface area contributed by atoms with Crippen molar-refractivity contribution in [2.75, 3.05) is 0 Å². The number of benzene rings is 1. The van der Waals surface area contributed by atoms with Gasteiger partial charge in [-0.05, 0) is 41.5 Å². The normalized spacial score (nSPS) is 14.6. The number of hydrogen-bond acceptors (Lipinski definition) is 7. The second-order valence-electron chi connectivity index (χ2n) is 8.68. The second kappa shape index (κ2) is 9.09. The third-order valence-electron chi connectivity index (χ3n) is 6.41. The molecule has 2 N–H and O–H groups in total. The molecule has 0 amide bonds. The van der Waals surface area contributed by atoms with Crippen molar-refractivity contribution >= 4 is 0 Å². The molecule has 0 bridgehead atoms. The van der Waals surface area contributed by atoms with Crippen molar-refractivity contribution in [2.45, 2.75) is 12.3 Å². The maximum absolute atomic E-state index is 10.0. The van der Waals surface area contributed by atoms with Crippen LogP contribution < -0.4 is 10.5 Å². The summed E-state index contributed by atoms with van der Waals surface area (Å²) in [5, 5.41) is 14.8. The predicted molar refractivity (Wildman–Crippen MR) is 136 cm³/mol. The van der Waals surface area contributed by atoms with Gasteiger partial charge in [-0.25, -0.2) is 9.67 Å². The molecule has 1 aliphatic rings. The number of ether oxygens (including phenoxy) is 1. The van der Waals surface area contributed by atoms with Crippen molar-refractivity contribution in [3.05, 3.63) is 119 Å². The number of fused-ring (bicyclic) bond motifs is 1. The highest BCUT2D eigenvalue weighted by molar-refractivity contribution is 5.58. The summed E-state index contributed by atoms with van der Waals surface area (Å²) in [4.78, 5) is 13.2. The Hall–Kier alpha value is -5.23. The Bertz CT molecular complexity index is 1640. The van der Waals surface area contributed by atoms with Crippen LogP contribution in [0, 0.1) is 11.3 Å². The summed E-state index contributed by atoms with van der Waals surface area (Å²) in [6.07, 6.45) is 9.50. The van der Waals surface area contributed by atoms with Gasteiger partial charge in [-0.3, -0.25) is 14.5 Å². The summed E-state index contributed by atoms with van der Waals surface area (Å²) in [5.41, 5.74) is 11.9. The summed E-state index contributed by atoms with van der Waals surface area (Å²) < 4.78 is 9.54. The van der Waals surface area contributed by atoms with Crippen molar-refractivity contribution < 1.29 is 4.74 Å². The third kappa shape index (κ3) is 3.90. The number of allylic oxidation sites excluding steroid dienone is 1. The molecule has 0 spiro atoms. The first-order chi connectivity index (χ1) is 18.1. The first-order valence-electron chi connectivity index (χ1n) is 11.7. The molecule has 4 aromatic heterocycles. The first-order valence-corrected chi connectivity index (χ1v) is 11.7. The Balaban J connectivity index is 1.42. The van der Waals surface area contributed by atoms with Crippen molar-refractivity contribution in [3.63, 3.8) is 0 Å². The molecule has 9 nitrogen and oxygen atoms in total. The number of nitriles is 1. The van der Waals surface area contributed by atoms with Gasteiger partial charge in [-0.15, -0.1) is 0 Å². The Kier molecular flexibility index (Phi) is 5.47. The smallest absolute Gasteiger partial charge is 0.224 e. The topological polar surface area (TPSA) is 120 Å². The van der Waals surface area contributed by atoms with E-state index in [-0.39, 0.29) is 5.88 Å². The number of imidazole rings is 1. The minimum atomic E-state index is -0.416. The van der Waals surface area contributed by atoms with Crippen LogP contribution in [-0.2, 0) is 13.5 Å². The van der Waals surface area contributed by atoms with Gasteiger partial charge in [0.2, 0.25) is 11.8 Å². The standard InChI is InChI=1S/C28H22N8O/c1-35-28-25(23(34-35)15-18-5-4-11-31-17-18)24(21(16-29)26(30)37-28)19-7-9-20(10-8-19)36-14-13-33-27(36)22-6-2-3-12-32-22/h2-14,17,24H,15,30H2,1H3. The molecule has 37 heavy (non-hydrogen) atoms. The number of nitrogens with zero attached hydrogens (tertiary/aromatic N) is 7. The number of aromatic nitrogens is 6. The lowest BCUT2D eigenvalue weighted by Gasteiger charge is -2.25. The van der Waals surface area contributed by atoms with E-state index < -0.39 is 5.92 Å². The molecular formula is C28H22N8O. The zero-order valence-electron chi connectivity index (χ0n) is 20.0. The van der Waals surface area contributed by atoms with Crippen molar-refractivity contribution in [2.24, 2.45) is 12.8 Å². The summed E-state index contributed by atoms with van der Waals surface area (Å²) in [6, 6.07) is 19.9. The van der Waals surface area contributed by atoms with Crippen LogP contribution in [0.1, 0.15) is 28.3 Å². The Morgan fingerprint density at radius 2 is 1.89 bits per heavy atom. The highest BCUT2D eigenvalue weighted by Gasteiger charge is 2.36. The summed E-state index contributed by atoms with van der Waals surface area (Å²) in [7, 11) is 1.81. The minimum Gasteiger partial charge on any atom is -0.422 e. The van der Waals surface area contributed by atoms with Crippen LogP contribution in [0.25, 0.3) is 17.2 Å². The molecule has 1 aliphatic heterocycles. The van der Waals surface area contributed by atoms with E-state index in [0.29, 0.717) is 17.9 Å². The SMILES string of the molecule is Cn1nc(Cc2cccnc2)c2c1OC(N)=C(C#N)C2c1ccc(-n2ccnc2-c2ccccn2)cc1. The van der Waals surface area contributed by atoms with Gasteiger partial charge < -0.3 is 10.5 Å². The molecule has 0 saturated heterocycles. The molecule has 180 valence electrons. The van der Waals surface area contributed by atoms with Gasteiger partial charge in [0.15, 0.2) is 5.82 Å². The van der Waals surface area contributed by atoms with Gasteiger partial charge in [0.05, 0.1) is 17.2 Å². The number of hydrogen-bond donors (Lipinski definition) is 1. The second-order valence-corrected chi connectivity index (χ2v) is 8.68. The molecule has 1 atom stereocenters. The van der Waals surface area contributed by atoms with Gasteiger partial charge in [-0.1, -0.05) is 24.3 Å². The maximum atomic E-state index is 10.0. The van der Waals surface area contributed by atoms with Crippen LogP contribution in [-0.4, -0.2) is 29.3 Å². The molecule has 0 radical (unpaired) electrons. The summed E-state index contributed by atoms with van der Waals surface area (Å²) in [6.45, 7) is 0.